The van der Waals surface area contributed by atoms with E-state index in [0.717, 1.165) is 17.2 Å². The van der Waals surface area contributed by atoms with Crippen LogP contribution in [0.1, 0.15) is 19.4 Å². The van der Waals surface area contributed by atoms with Gasteiger partial charge in [-0.3, -0.25) is 0 Å². The van der Waals surface area contributed by atoms with Crippen molar-refractivity contribution in [1.82, 2.24) is 0 Å². The Hall–Kier alpha value is -0.690. The number of hydrogen-bond acceptors (Lipinski definition) is 1. The maximum Gasteiger partial charge on any atom is 0.124 e. The van der Waals surface area contributed by atoms with Crippen LogP contribution in [0.2, 0.25) is 5.02 Å². The quantitative estimate of drug-likeness (QED) is 0.599. The molecule has 12 heavy (non-hydrogen) atoms. The first-order valence-corrected chi connectivity index (χ1v) is 4.42. The van der Waals surface area contributed by atoms with Gasteiger partial charge in [0.1, 0.15) is 11.4 Å². The first kappa shape index (κ1) is 7.93. The van der Waals surface area contributed by atoms with Crippen molar-refractivity contribution in [3.63, 3.8) is 0 Å². The Bertz CT molecular complexity index is 318. The summed E-state index contributed by atoms with van der Waals surface area (Å²) in [6.45, 7) is 4.17. The van der Waals surface area contributed by atoms with Gasteiger partial charge in [-0.1, -0.05) is 17.7 Å². The second kappa shape index (κ2) is 2.40. The number of ether oxygens (including phenoxy) is 1. The fourth-order valence-electron chi connectivity index (χ4n) is 1.56. The van der Waals surface area contributed by atoms with E-state index < -0.39 is 0 Å². The predicted octanol–water partition coefficient (Wildman–Crippen LogP) is 3.05. The van der Waals surface area contributed by atoms with Gasteiger partial charge in [-0.15, -0.1) is 0 Å². The molecule has 0 saturated carbocycles. The highest BCUT2D eigenvalue weighted by Gasteiger charge is 2.29. The molecule has 2 rings (SSSR count). The van der Waals surface area contributed by atoms with Gasteiger partial charge in [0.15, 0.2) is 0 Å². The molecule has 0 aromatic heterocycles. The fourth-order valence-corrected chi connectivity index (χ4v) is 1.72. The monoisotopic (exact) mass is 182 g/mol. The number of halogens is 1. The summed E-state index contributed by atoms with van der Waals surface area (Å²) in [5.74, 6) is 0.938. The second-order valence-electron chi connectivity index (χ2n) is 3.79. The molecule has 1 nitrogen and oxygen atoms in total. The molecule has 2 heteroatoms. The third-order valence-electron chi connectivity index (χ3n) is 2.03. The fraction of sp³-hybridized carbons (Fsp3) is 0.400. The number of rotatable bonds is 0. The van der Waals surface area contributed by atoms with Crippen LogP contribution in [0.5, 0.6) is 5.75 Å². The zero-order chi connectivity index (χ0) is 8.77. The zero-order valence-corrected chi connectivity index (χ0v) is 7.98. The minimum atomic E-state index is -0.0625. The highest BCUT2D eigenvalue weighted by atomic mass is 35.5. The van der Waals surface area contributed by atoms with Crippen molar-refractivity contribution in [2.24, 2.45) is 0 Å². The Labute approximate surface area is 77.3 Å². The van der Waals surface area contributed by atoms with E-state index in [-0.39, 0.29) is 5.60 Å². The molecule has 64 valence electrons. The van der Waals surface area contributed by atoms with Crippen LogP contribution in [0.3, 0.4) is 0 Å². The highest BCUT2D eigenvalue weighted by molar-refractivity contribution is 6.30. The number of benzene rings is 1. The Morgan fingerprint density at radius 3 is 2.92 bits per heavy atom. The lowest BCUT2D eigenvalue weighted by Crippen LogP contribution is -2.24. The molecule has 1 aromatic rings. The molecule has 0 aliphatic carbocycles. The Morgan fingerprint density at radius 1 is 1.42 bits per heavy atom. The van der Waals surface area contributed by atoms with Crippen molar-refractivity contribution in [3.8, 4) is 5.75 Å². The van der Waals surface area contributed by atoms with Gasteiger partial charge in [0, 0.05) is 11.4 Å². The van der Waals surface area contributed by atoms with E-state index in [1.54, 1.807) is 0 Å². The SMILES string of the molecule is CC1(C)Cc2ccc(Cl)cc2O1. The zero-order valence-electron chi connectivity index (χ0n) is 7.23. The molecule has 0 bridgehead atoms. The summed E-state index contributed by atoms with van der Waals surface area (Å²) < 4.78 is 5.69. The second-order valence-corrected chi connectivity index (χ2v) is 4.23. The molecule has 1 aliphatic heterocycles. The largest absolute Gasteiger partial charge is 0.487 e. The Kier molecular flexibility index (Phi) is 1.58. The van der Waals surface area contributed by atoms with Crippen LogP contribution in [-0.2, 0) is 6.42 Å². The molecule has 0 amide bonds. The van der Waals surface area contributed by atoms with Gasteiger partial charge >= 0.3 is 0 Å². The summed E-state index contributed by atoms with van der Waals surface area (Å²) in [7, 11) is 0. The summed E-state index contributed by atoms with van der Waals surface area (Å²) in [4.78, 5) is 0. The normalized spacial score (nSPS) is 18.6. The van der Waals surface area contributed by atoms with Gasteiger partial charge in [0.25, 0.3) is 0 Å². The van der Waals surface area contributed by atoms with Crippen molar-refractivity contribution in [1.29, 1.82) is 0 Å². The third-order valence-corrected chi connectivity index (χ3v) is 2.27. The van der Waals surface area contributed by atoms with Crippen molar-refractivity contribution < 1.29 is 4.74 Å². The average Bonchev–Trinajstić information content (AvgIpc) is 2.21. The van der Waals surface area contributed by atoms with Gasteiger partial charge in [0.2, 0.25) is 0 Å². The van der Waals surface area contributed by atoms with Crippen LogP contribution < -0.4 is 4.74 Å². The molecule has 1 heterocycles. The molecule has 1 aliphatic rings. The Balaban J connectivity index is 2.43. The molecule has 1 aromatic carbocycles. The summed E-state index contributed by atoms with van der Waals surface area (Å²) in [5, 5.41) is 0.742. The van der Waals surface area contributed by atoms with Gasteiger partial charge in [-0.2, -0.15) is 0 Å². The lowest BCUT2D eigenvalue weighted by atomic mass is 10.0. The van der Waals surface area contributed by atoms with E-state index >= 15 is 0 Å². The lowest BCUT2D eigenvalue weighted by Gasteiger charge is -2.16. The van der Waals surface area contributed by atoms with Gasteiger partial charge < -0.3 is 4.74 Å². The Morgan fingerprint density at radius 2 is 2.17 bits per heavy atom. The van der Waals surface area contributed by atoms with Crippen molar-refractivity contribution >= 4 is 11.6 Å². The molecule has 0 atom stereocenters. The van der Waals surface area contributed by atoms with Gasteiger partial charge in [-0.05, 0) is 31.5 Å². The van der Waals surface area contributed by atoms with Crippen LogP contribution in [-0.4, -0.2) is 5.60 Å². The summed E-state index contributed by atoms with van der Waals surface area (Å²) in [6.07, 6.45) is 0.972. The highest BCUT2D eigenvalue weighted by Crippen LogP contribution is 2.36. The number of fused-ring (bicyclic) bond motifs is 1. The molecule has 0 unspecified atom stereocenters. The first-order valence-electron chi connectivity index (χ1n) is 4.04. The van der Waals surface area contributed by atoms with E-state index in [1.165, 1.54) is 5.56 Å². The molecule has 0 saturated heterocycles. The molecule has 0 spiro atoms. The molecule has 0 N–H and O–H groups in total. The molecular weight excluding hydrogens is 172 g/mol. The molecular formula is C10H11ClO. The minimum Gasteiger partial charge on any atom is -0.487 e. The summed E-state index contributed by atoms with van der Waals surface area (Å²) >= 11 is 5.84. The maximum absolute atomic E-state index is 5.84. The van der Waals surface area contributed by atoms with Crippen molar-refractivity contribution in [2.75, 3.05) is 0 Å². The standard InChI is InChI=1S/C10H11ClO/c1-10(2)6-7-3-4-8(11)5-9(7)12-10/h3-5H,6H2,1-2H3. The molecule has 0 radical (unpaired) electrons. The topological polar surface area (TPSA) is 9.23 Å². The summed E-state index contributed by atoms with van der Waals surface area (Å²) in [5.41, 5.74) is 1.19. The van der Waals surface area contributed by atoms with Crippen LogP contribution in [0.15, 0.2) is 18.2 Å². The third kappa shape index (κ3) is 1.29. The average molecular weight is 183 g/mol. The van der Waals surface area contributed by atoms with Crippen LogP contribution in [0, 0.1) is 0 Å². The maximum atomic E-state index is 5.84. The predicted molar refractivity (Wildman–Crippen MR) is 49.9 cm³/mol. The number of hydrogen-bond donors (Lipinski definition) is 0. The molecule has 0 fully saturated rings. The van der Waals surface area contributed by atoms with E-state index in [4.69, 9.17) is 16.3 Å². The van der Waals surface area contributed by atoms with E-state index in [1.807, 2.05) is 18.2 Å². The lowest BCUT2D eigenvalue weighted by molar-refractivity contribution is 0.138. The van der Waals surface area contributed by atoms with E-state index in [9.17, 15) is 0 Å². The summed E-state index contributed by atoms with van der Waals surface area (Å²) in [6, 6.07) is 5.82. The minimum absolute atomic E-state index is 0.0625. The van der Waals surface area contributed by atoms with Crippen LogP contribution >= 0.6 is 11.6 Å². The van der Waals surface area contributed by atoms with Crippen molar-refractivity contribution in [2.45, 2.75) is 25.9 Å². The van der Waals surface area contributed by atoms with Crippen LogP contribution in [0.4, 0.5) is 0 Å². The van der Waals surface area contributed by atoms with E-state index in [0.29, 0.717) is 0 Å². The van der Waals surface area contributed by atoms with E-state index in [2.05, 4.69) is 13.8 Å². The van der Waals surface area contributed by atoms with Crippen LogP contribution in [0.25, 0.3) is 0 Å². The first-order chi connectivity index (χ1) is 5.57. The smallest absolute Gasteiger partial charge is 0.124 e. The van der Waals surface area contributed by atoms with Gasteiger partial charge in [-0.25, -0.2) is 0 Å². The van der Waals surface area contributed by atoms with Crippen molar-refractivity contribution in [3.05, 3.63) is 28.8 Å². The van der Waals surface area contributed by atoms with Gasteiger partial charge in [0.05, 0.1) is 0 Å².